The molecule has 8 heteroatoms. The van der Waals surface area contributed by atoms with Crippen molar-refractivity contribution in [3.8, 4) is 17.0 Å². The average molecular weight is 541 g/mol. The van der Waals surface area contributed by atoms with Crippen molar-refractivity contribution >= 4 is 22.9 Å². The highest BCUT2D eigenvalue weighted by Gasteiger charge is 2.29. The first kappa shape index (κ1) is 26.0. The Morgan fingerprint density at radius 2 is 1.88 bits per heavy atom. The molecule has 2 amide bonds. The molecular weight excluding hydrogens is 507 g/mol. The molecule has 4 aromatic rings. The summed E-state index contributed by atoms with van der Waals surface area (Å²) in [6, 6.07) is 17.5. The second-order valence-corrected chi connectivity index (χ2v) is 10.8. The lowest BCUT2D eigenvalue weighted by Crippen LogP contribution is -2.41. The van der Waals surface area contributed by atoms with Gasteiger partial charge in [0, 0.05) is 41.8 Å². The van der Waals surface area contributed by atoms with Crippen LogP contribution in [0, 0.1) is 11.7 Å². The first-order valence-corrected chi connectivity index (χ1v) is 14.1. The van der Waals surface area contributed by atoms with Crippen molar-refractivity contribution in [1.82, 2.24) is 19.8 Å². The van der Waals surface area contributed by atoms with Crippen LogP contribution < -0.4 is 10.1 Å². The van der Waals surface area contributed by atoms with Gasteiger partial charge in [-0.1, -0.05) is 49.6 Å². The van der Waals surface area contributed by atoms with E-state index < -0.39 is 11.9 Å². The predicted molar refractivity (Wildman–Crippen MR) is 152 cm³/mol. The Morgan fingerprint density at radius 3 is 2.67 bits per heavy atom. The number of rotatable bonds is 6. The van der Waals surface area contributed by atoms with Crippen LogP contribution in [-0.4, -0.2) is 39.0 Å². The smallest absolute Gasteiger partial charge is 0.409 e. The van der Waals surface area contributed by atoms with E-state index in [4.69, 9.17) is 9.72 Å². The van der Waals surface area contributed by atoms with Gasteiger partial charge in [0.25, 0.3) is 5.91 Å². The standard InChI is InChI=1S/C32H33FN4O3/c1-21(22-9-4-2-5-10-22)34-32(39)40-30-25-19-24(33)14-15-27(25)35-29(23-11-6-3-7-12-23)26(30)20-37-18-17-36-16-8-13-28(36)31(37)38/h3,6-8,11-16,19,21-22H,2,4-5,9-10,17-18,20H2,1H3,(H,34,39)/t21-/m0/s1. The van der Waals surface area contributed by atoms with Gasteiger partial charge in [-0.3, -0.25) is 4.79 Å². The Labute approximate surface area is 233 Å². The number of fused-ring (bicyclic) bond motifs is 2. The van der Waals surface area contributed by atoms with Crippen molar-refractivity contribution in [3.63, 3.8) is 0 Å². The van der Waals surface area contributed by atoms with E-state index in [9.17, 15) is 14.0 Å². The van der Waals surface area contributed by atoms with E-state index in [0.717, 1.165) is 31.2 Å². The van der Waals surface area contributed by atoms with Gasteiger partial charge in [0.2, 0.25) is 0 Å². The summed E-state index contributed by atoms with van der Waals surface area (Å²) in [5.74, 6) is 0.0521. The number of nitrogens with zero attached hydrogens (tertiary/aromatic N) is 3. The Balaban J connectivity index is 1.42. The molecule has 0 saturated heterocycles. The number of ether oxygens (including phenoxy) is 1. The summed E-state index contributed by atoms with van der Waals surface area (Å²) < 4.78 is 22.6. The number of hydrogen-bond donors (Lipinski definition) is 1. The summed E-state index contributed by atoms with van der Waals surface area (Å²) in [7, 11) is 0. The van der Waals surface area contributed by atoms with E-state index in [2.05, 4.69) is 5.32 Å². The third-order valence-corrected chi connectivity index (χ3v) is 8.24. The van der Waals surface area contributed by atoms with Gasteiger partial charge in [0.1, 0.15) is 17.3 Å². The fourth-order valence-electron chi connectivity index (χ4n) is 6.04. The second kappa shape index (κ2) is 11.1. The van der Waals surface area contributed by atoms with Crippen LogP contribution in [0.5, 0.6) is 5.75 Å². The van der Waals surface area contributed by atoms with E-state index in [1.165, 1.54) is 18.6 Å². The fraction of sp³-hybridized carbons (Fsp3) is 0.344. The van der Waals surface area contributed by atoms with Gasteiger partial charge in [-0.15, -0.1) is 0 Å². The number of pyridine rings is 1. The molecule has 1 saturated carbocycles. The first-order chi connectivity index (χ1) is 19.5. The van der Waals surface area contributed by atoms with E-state index in [-0.39, 0.29) is 24.2 Å². The van der Waals surface area contributed by atoms with Crippen LogP contribution in [0.4, 0.5) is 9.18 Å². The van der Waals surface area contributed by atoms with Gasteiger partial charge >= 0.3 is 6.09 Å². The Bertz CT molecular complexity index is 1540. The molecule has 2 aliphatic rings. The van der Waals surface area contributed by atoms with Crippen molar-refractivity contribution in [3.05, 3.63) is 83.9 Å². The summed E-state index contributed by atoms with van der Waals surface area (Å²) in [5.41, 5.74) is 3.09. The molecule has 40 heavy (non-hydrogen) atoms. The molecule has 0 spiro atoms. The van der Waals surface area contributed by atoms with Crippen LogP contribution in [0.2, 0.25) is 0 Å². The van der Waals surface area contributed by atoms with Crippen molar-refractivity contribution in [2.24, 2.45) is 5.92 Å². The van der Waals surface area contributed by atoms with Crippen molar-refractivity contribution < 1.29 is 18.7 Å². The fourth-order valence-corrected chi connectivity index (χ4v) is 6.04. The molecule has 1 aliphatic heterocycles. The lowest BCUT2D eigenvalue weighted by Gasteiger charge is -2.30. The SMILES string of the molecule is C[C@H](NC(=O)Oc1c(CN2CCn3cccc3C2=O)c(-c2ccccc2)nc2ccc(F)cc12)C1CCCCC1. The molecule has 2 aromatic heterocycles. The minimum Gasteiger partial charge on any atom is -0.409 e. The molecule has 3 heterocycles. The van der Waals surface area contributed by atoms with Crippen LogP contribution in [0.25, 0.3) is 22.2 Å². The zero-order chi connectivity index (χ0) is 27.6. The summed E-state index contributed by atoms with van der Waals surface area (Å²) in [4.78, 5) is 33.4. The average Bonchev–Trinajstić information content (AvgIpc) is 3.46. The van der Waals surface area contributed by atoms with Gasteiger partial charge in [0.15, 0.2) is 0 Å². The zero-order valence-electron chi connectivity index (χ0n) is 22.6. The number of halogens is 1. The minimum atomic E-state index is -0.589. The molecule has 0 bridgehead atoms. The van der Waals surface area contributed by atoms with Crippen LogP contribution in [0.1, 0.15) is 55.1 Å². The van der Waals surface area contributed by atoms with Gasteiger partial charge in [-0.05, 0) is 56.0 Å². The topological polar surface area (TPSA) is 76.5 Å². The van der Waals surface area contributed by atoms with Crippen molar-refractivity contribution in [1.29, 1.82) is 0 Å². The number of hydrogen-bond acceptors (Lipinski definition) is 4. The first-order valence-electron chi connectivity index (χ1n) is 14.1. The van der Waals surface area contributed by atoms with Gasteiger partial charge in [-0.25, -0.2) is 14.2 Å². The number of amides is 2. The van der Waals surface area contributed by atoms with E-state index in [1.54, 1.807) is 17.0 Å². The molecule has 1 aliphatic carbocycles. The van der Waals surface area contributed by atoms with Gasteiger partial charge in [0.05, 0.1) is 17.8 Å². The highest BCUT2D eigenvalue weighted by atomic mass is 19.1. The van der Waals surface area contributed by atoms with Crippen molar-refractivity contribution in [2.75, 3.05) is 6.54 Å². The molecule has 7 nitrogen and oxygen atoms in total. The van der Waals surface area contributed by atoms with Crippen molar-refractivity contribution in [2.45, 2.75) is 58.2 Å². The molecule has 2 aromatic carbocycles. The Hall–Kier alpha value is -4.20. The largest absolute Gasteiger partial charge is 0.412 e. The maximum absolute atomic E-state index is 14.6. The van der Waals surface area contributed by atoms with Crippen LogP contribution in [0.3, 0.4) is 0 Å². The molecule has 1 fully saturated rings. The quantitative estimate of drug-likeness (QED) is 0.301. The number of nitrogens with one attached hydrogen (secondary N) is 1. The third-order valence-electron chi connectivity index (χ3n) is 8.24. The number of carbonyl (C=O) groups is 2. The van der Waals surface area contributed by atoms with E-state index in [1.807, 2.05) is 54.1 Å². The van der Waals surface area contributed by atoms with Crippen LogP contribution in [0.15, 0.2) is 66.9 Å². The molecule has 6 rings (SSSR count). The zero-order valence-corrected chi connectivity index (χ0v) is 22.6. The van der Waals surface area contributed by atoms with E-state index in [0.29, 0.717) is 46.9 Å². The summed E-state index contributed by atoms with van der Waals surface area (Å²) in [6.45, 7) is 3.31. The summed E-state index contributed by atoms with van der Waals surface area (Å²) >= 11 is 0. The maximum atomic E-state index is 14.6. The monoisotopic (exact) mass is 540 g/mol. The third kappa shape index (κ3) is 5.18. The predicted octanol–water partition coefficient (Wildman–Crippen LogP) is 6.56. The van der Waals surface area contributed by atoms with Crippen LogP contribution >= 0.6 is 0 Å². The molecule has 1 atom stereocenters. The number of benzene rings is 2. The summed E-state index contributed by atoms with van der Waals surface area (Å²) in [6.07, 6.45) is 7.02. The maximum Gasteiger partial charge on any atom is 0.412 e. The molecule has 0 radical (unpaired) electrons. The highest BCUT2D eigenvalue weighted by molar-refractivity contribution is 5.95. The second-order valence-electron chi connectivity index (χ2n) is 10.8. The molecule has 0 unspecified atom stereocenters. The lowest BCUT2D eigenvalue weighted by molar-refractivity contribution is 0.0690. The normalized spacial score (nSPS) is 16.6. The molecular formula is C32H33FN4O3. The summed E-state index contributed by atoms with van der Waals surface area (Å²) in [5, 5.41) is 3.42. The highest BCUT2D eigenvalue weighted by Crippen LogP contribution is 2.38. The van der Waals surface area contributed by atoms with Gasteiger partial charge < -0.3 is 19.5 Å². The molecule has 1 N–H and O–H groups in total. The minimum absolute atomic E-state index is 0.0499. The Morgan fingerprint density at radius 1 is 1.07 bits per heavy atom. The Kier molecular flexibility index (Phi) is 7.24. The lowest BCUT2D eigenvalue weighted by atomic mass is 9.85. The van der Waals surface area contributed by atoms with Gasteiger partial charge in [-0.2, -0.15) is 0 Å². The number of aromatic nitrogens is 2. The van der Waals surface area contributed by atoms with E-state index >= 15 is 0 Å². The van der Waals surface area contributed by atoms with Crippen LogP contribution in [-0.2, 0) is 13.1 Å². The number of carbonyl (C=O) groups excluding carboxylic acids is 2. The molecule has 206 valence electrons.